The van der Waals surface area contributed by atoms with Crippen LogP contribution in [0.3, 0.4) is 0 Å². The summed E-state index contributed by atoms with van der Waals surface area (Å²) in [5, 5.41) is 19.0. The Hall–Kier alpha value is -3.18. The molecule has 5 nitrogen and oxygen atoms in total. The number of rotatable bonds is 8. The summed E-state index contributed by atoms with van der Waals surface area (Å²) in [6, 6.07) is 23.8. The van der Waals surface area contributed by atoms with Gasteiger partial charge in [-0.25, -0.2) is 0 Å². The van der Waals surface area contributed by atoms with Crippen molar-refractivity contribution in [2.45, 2.75) is 76.3 Å². The molecule has 194 valence electrons. The average Bonchev–Trinajstić information content (AvgIpc) is 3.42. The molecule has 1 amide bonds. The van der Waals surface area contributed by atoms with Crippen LogP contribution in [-0.4, -0.2) is 29.6 Å². The van der Waals surface area contributed by atoms with E-state index in [1.54, 1.807) is 0 Å². The lowest BCUT2D eigenvalue weighted by molar-refractivity contribution is -0.148. The lowest BCUT2D eigenvalue weighted by atomic mass is 9.80. The van der Waals surface area contributed by atoms with Gasteiger partial charge in [-0.15, -0.1) is 0 Å². The molecule has 0 bridgehead atoms. The van der Waals surface area contributed by atoms with Gasteiger partial charge in [0.2, 0.25) is 0 Å². The van der Waals surface area contributed by atoms with E-state index in [4.69, 9.17) is 0 Å². The fraction of sp³-hybridized carbons (Fsp3) is 0.438. The molecule has 0 aromatic heterocycles. The van der Waals surface area contributed by atoms with Gasteiger partial charge in [-0.3, -0.25) is 9.59 Å². The van der Waals surface area contributed by atoms with Gasteiger partial charge < -0.3 is 15.7 Å². The first kappa shape index (κ1) is 25.5. The molecule has 0 unspecified atom stereocenters. The van der Waals surface area contributed by atoms with Gasteiger partial charge in [0.15, 0.2) is 0 Å². The topological polar surface area (TPSA) is 78.4 Å². The molecule has 37 heavy (non-hydrogen) atoms. The fourth-order valence-electron chi connectivity index (χ4n) is 6.49. The fourth-order valence-corrected chi connectivity index (χ4v) is 6.49. The number of hydrogen-bond acceptors (Lipinski definition) is 3. The zero-order chi connectivity index (χ0) is 25.8. The predicted octanol–water partition coefficient (Wildman–Crippen LogP) is 6.59. The first-order chi connectivity index (χ1) is 17.9. The molecule has 0 heterocycles. The van der Waals surface area contributed by atoms with Crippen molar-refractivity contribution in [3.63, 3.8) is 0 Å². The van der Waals surface area contributed by atoms with Gasteiger partial charge in [0.1, 0.15) is 0 Å². The maximum Gasteiger partial charge on any atom is 0.311 e. The number of nitrogens with one attached hydrogen (secondary N) is 2. The number of fused-ring (bicyclic) bond motifs is 1. The van der Waals surface area contributed by atoms with Crippen LogP contribution in [0.15, 0.2) is 66.7 Å². The second-order valence-electron chi connectivity index (χ2n) is 11.1. The van der Waals surface area contributed by atoms with Crippen LogP contribution in [0.5, 0.6) is 0 Å². The molecule has 3 aromatic carbocycles. The van der Waals surface area contributed by atoms with E-state index in [1.165, 1.54) is 34.7 Å². The van der Waals surface area contributed by atoms with Crippen LogP contribution in [0.4, 0.5) is 0 Å². The van der Waals surface area contributed by atoms with Gasteiger partial charge in [-0.1, -0.05) is 73.9 Å². The summed E-state index contributed by atoms with van der Waals surface area (Å²) in [7, 11) is 0. The number of carbonyl (C=O) groups is 2. The molecule has 3 atom stereocenters. The smallest absolute Gasteiger partial charge is 0.311 e. The lowest BCUT2D eigenvalue weighted by Gasteiger charge is -2.32. The van der Waals surface area contributed by atoms with Crippen molar-refractivity contribution in [1.82, 2.24) is 10.6 Å². The van der Waals surface area contributed by atoms with Gasteiger partial charge in [0, 0.05) is 24.2 Å². The number of carboxylic acids is 1. The third kappa shape index (κ3) is 5.57. The molecule has 0 saturated heterocycles. The molecule has 0 spiro atoms. The Kier molecular flexibility index (Phi) is 7.61. The molecule has 5 heteroatoms. The first-order valence-electron chi connectivity index (χ1n) is 13.8. The van der Waals surface area contributed by atoms with Gasteiger partial charge in [0.05, 0.1) is 5.41 Å². The van der Waals surface area contributed by atoms with Crippen molar-refractivity contribution < 1.29 is 14.7 Å². The van der Waals surface area contributed by atoms with E-state index in [-0.39, 0.29) is 18.5 Å². The minimum Gasteiger partial charge on any atom is -0.481 e. The zero-order valence-electron chi connectivity index (χ0n) is 21.7. The van der Waals surface area contributed by atoms with E-state index >= 15 is 0 Å². The van der Waals surface area contributed by atoms with Gasteiger partial charge in [-0.05, 0) is 79.0 Å². The summed E-state index contributed by atoms with van der Waals surface area (Å²) >= 11 is 0. The van der Waals surface area contributed by atoms with Crippen LogP contribution in [0.1, 0.15) is 91.7 Å². The Labute approximate surface area is 219 Å². The van der Waals surface area contributed by atoms with Crippen LogP contribution in [0.25, 0.3) is 10.8 Å². The van der Waals surface area contributed by atoms with Crippen molar-refractivity contribution in [3.05, 3.63) is 83.4 Å². The highest BCUT2D eigenvalue weighted by molar-refractivity contribution is 5.94. The maximum absolute atomic E-state index is 12.7. The average molecular weight is 499 g/mol. The van der Waals surface area contributed by atoms with Crippen LogP contribution < -0.4 is 10.6 Å². The second kappa shape index (κ2) is 11.1. The van der Waals surface area contributed by atoms with E-state index in [2.05, 4.69) is 72.2 Å². The van der Waals surface area contributed by atoms with Crippen LogP contribution in [0.2, 0.25) is 0 Å². The minimum absolute atomic E-state index is 0.189. The highest BCUT2D eigenvalue weighted by Crippen LogP contribution is 2.38. The van der Waals surface area contributed by atoms with Gasteiger partial charge >= 0.3 is 5.97 Å². The van der Waals surface area contributed by atoms with Crippen LogP contribution in [-0.2, 0) is 4.79 Å². The number of benzene rings is 3. The predicted molar refractivity (Wildman–Crippen MR) is 148 cm³/mol. The Morgan fingerprint density at radius 2 is 1.68 bits per heavy atom. The third-order valence-electron chi connectivity index (χ3n) is 8.70. The standard InChI is InChI=1S/C32H38N2O3/c1-22(28-13-7-9-24-8-2-3-12-29(24)28)34-27-11-6-10-26(20-27)23-14-16-25(17-15-23)30(35)33-21-32(31(36)37)18-4-5-19-32/h2-3,7-9,12-17,22,26-27,34H,4-6,10-11,18-21H2,1H3,(H,33,35)(H,36,37)/t22-,26+,27+/m1/s1. The highest BCUT2D eigenvalue weighted by atomic mass is 16.4. The minimum atomic E-state index is -0.803. The number of amides is 1. The Bertz CT molecular complexity index is 1240. The van der Waals surface area contributed by atoms with E-state index in [1.807, 2.05) is 12.1 Å². The van der Waals surface area contributed by atoms with E-state index < -0.39 is 11.4 Å². The molecular formula is C32H38N2O3. The number of carboxylic acid groups (broad SMARTS) is 1. The zero-order valence-corrected chi connectivity index (χ0v) is 21.7. The van der Waals surface area contributed by atoms with Crippen molar-refractivity contribution in [1.29, 1.82) is 0 Å². The van der Waals surface area contributed by atoms with Crippen LogP contribution >= 0.6 is 0 Å². The molecule has 2 aliphatic carbocycles. The third-order valence-corrected chi connectivity index (χ3v) is 8.70. The summed E-state index contributed by atoms with van der Waals surface area (Å²) in [6.45, 7) is 2.46. The number of hydrogen-bond donors (Lipinski definition) is 3. The summed E-state index contributed by atoms with van der Waals surface area (Å²) in [4.78, 5) is 24.5. The second-order valence-corrected chi connectivity index (χ2v) is 11.1. The van der Waals surface area contributed by atoms with E-state index in [9.17, 15) is 14.7 Å². The largest absolute Gasteiger partial charge is 0.481 e. The maximum atomic E-state index is 12.7. The number of carbonyl (C=O) groups excluding carboxylic acids is 1. The van der Waals surface area contributed by atoms with Crippen molar-refractivity contribution in [3.8, 4) is 0 Å². The molecule has 0 aliphatic heterocycles. The van der Waals surface area contributed by atoms with Crippen molar-refractivity contribution in [2.75, 3.05) is 6.54 Å². The van der Waals surface area contributed by atoms with Crippen molar-refractivity contribution in [2.24, 2.45) is 5.41 Å². The lowest BCUT2D eigenvalue weighted by Crippen LogP contribution is -2.41. The quantitative estimate of drug-likeness (QED) is 0.327. The summed E-state index contributed by atoms with van der Waals surface area (Å²) < 4.78 is 0. The summed E-state index contributed by atoms with van der Waals surface area (Å²) in [5.74, 6) is -0.515. The van der Waals surface area contributed by atoms with Gasteiger partial charge in [-0.2, -0.15) is 0 Å². The molecule has 2 aliphatic rings. The SMILES string of the molecule is C[C@@H](N[C@H]1CCC[C@H](c2ccc(C(=O)NCC3(C(=O)O)CCCC3)cc2)C1)c1cccc2ccccc12. The Morgan fingerprint density at radius 3 is 2.43 bits per heavy atom. The van der Waals surface area contributed by atoms with E-state index in [0.29, 0.717) is 30.4 Å². The molecule has 2 saturated carbocycles. The molecular weight excluding hydrogens is 460 g/mol. The molecule has 3 N–H and O–H groups in total. The highest BCUT2D eigenvalue weighted by Gasteiger charge is 2.41. The van der Waals surface area contributed by atoms with Gasteiger partial charge in [0.25, 0.3) is 5.91 Å². The summed E-state index contributed by atoms with van der Waals surface area (Å²) in [6.07, 6.45) is 7.70. The Balaban J connectivity index is 1.19. The summed E-state index contributed by atoms with van der Waals surface area (Å²) in [5.41, 5.74) is 2.41. The number of aliphatic carboxylic acids is 1. The Morgan fingerprint density at radius 1 is 0.946 bits per heavy atom. The van der Waals surface area contributed by atoms with E-state index in [0.717, 1.165) is 25.7 Å². The monoisotopic (exact) mass is 498 g/mol. The molecule has 2 fully saturated rings. The molecule has 0 radical (unpaired) electrons. The van der Waals surface area contributed by atoms with Crippen molar-refractivity contribution >= 4 is 22.6 Å². The molecule has 3 aromatic rings. The normalized spacial score (nSPS) is 22.0. The molecule has 5 rings (SSSR count). The first-order valence-corrected chi connectivity index (χ1v) is 13.8. The van der Waals surface area contributed by atoms with Crippen LogP contribution in [0, 0.1) is 5.41 Å².